The van der Waals surface area contributed by atoms with Crippen molar-refractivity contribution in [2.24, 2.45) is 0 Å². The van der Waals surface area contributed by atoms with Gasteiger partial charge in [0.2, 0.25) is 0 Å². The molecule has 0 aromatic rings. The van der Waals surface area contributed by atoms with Gasteiger partial charge in [-0.05, 0) is 0 Å². The van der Waals surface area contributed by atoms with Crippen LogP contribution < -0.4 is 0 Å². The molecule has 0 bridgehead atoms. The molecule has 0 fully saturated rings. The Kier molecular flexibility index (Phi) is 4.79. The van der Waals surface area contributed by atoms with Crippen molar-refractivity contribution in [2.45, 2.75) is 6.55 Å². The zero-order valence-electron chi connectivity index (χ0n) is 4.62. The summed E-state index contributed by atoms with van der Waals surface area (Å²) >= 11 is -1.53. The molecule has 0 aliphatic carbocycles. The van der Waals surface area contributed by atoms with Crippen molar-refractivity contribution in [3.8, 4) is 0 Å². The monoisotopic (exact) mass is 178 g/mol. The third-order valence-electron chi connectivity index (χ3n) is 0.371. The van der Waals surface area contributed by atoms with E-state index in [4.69, 9.17) is 0 Å². The molecule has 0 spiro atoms. The quantitative estimate of drug-likeness (QED) is 0.514. The van der Waals surface area contributed by atoms with E-state index < -0.39 is 33.6 Å². The van der Waals surface area contributed by atoms with E-state index in [1.807, 2.05) is 0 Å². The molecule has 0 aromatic carbocycles. The van der Waals surface area contributed by atoms with Crippen molar-refractivity contribution >= 4 is 33.6 Å². The molecule has 9 heavy (non-hydrogen) atoms. The van der Waals surface area contributed by atoms with Gasteiger partial charge in [-0.15, -0.1) is 0 Å². The second-order valence-corrected chi connectivity index (χ2v) is 4.49. The van der Waals surface area contributed by atoms with Crippen LogP contribution in [0.25, 0.3) is 0 Å². The number of hydrogen-bond donors (Lipinski definition) is 0. The van der Waals surface area contributed by atoms with Gasteiger partial charge in [-0.25, -0.2) is 0 Å². The molecular formula is CH3AlO5Si2. The van der Waals surface area contributed by atoms with Crippen molar-refractivity contribution in [2.75, 3.05) is 0 Å². The molecule has 5 nitrogen and oxygen atoms in total. The molecule has 48 valence electrons. The van der Waals surface area contributed by atoms with E-state index >= 15 is 0 Å². The fourth-order valence-electron chi connectivity index (χ4n) is 0.181. The van der Waals surface area contributed by atoms with Crippen LogP contribution in [0.5, 0.6) is 0 Å². The van der Waals surface area contributed by atoms with Gasteiger partial charge < -0.3 is 0 Å². The van der Waals surface area contributed by atoms with E-state index in [0.717, 1.165) is 0 Å². The molecular weight excluding hydrogens is 175 g/mol. The molecule has 0 amide bonds. The Hall–Kier alpha value is -0.0338. The normalized spacial score (nSPS) is 7.22. The van der Waals surface area contributed by atoms with Crippen molar-refractivity contribution in [1.29, 1.82) is 0 Å². The van der Waals surface area contributed by atoms with Gasteiger partial charge in [0.05, 0.1) is 0 Å². The van der Waals surface area contributed by atoms with Crippen molar-refractivity contribution in [3.05, 3.63) is 0 Å². The summed E-state index contributed by atoms with van der Waals surface area (Å²) in [5, 5.41) is 0. The van der Waals surface area contributed by atoms with Crippen LogP contribution >= 0.6 is 0 Å². The van der Waals surface area contributed by atoms with E-state index in [0.29, 0.717) is 0 Å². The predicted molar refractivity (Wildman–Crippen MR) is 27.4 cm³/mol. The summed E-state index contributed by atoms with van der Waals surface area (Å²) < 4.78 is 38.2. The minimum absolute atomic E-state index is 1.27. The standard InChI is InChI=1S/CH3O4Si2.Al.O/c1-6(2)5-7(3)4;;/h1H3;;/q-1;+1;. The summed E-state index contributed by atoms with van der Waals surface area (Å²) in [7, 11) is -4.96. The van der Waals surface area contributed by atoms with Crippen molar-refractivity contribution < 1.29 is 20.3 Å². The second-order valence-electron chi connectivity index (χ2n) is 1.06. The summed E-state index contributed by atoms with van der Waals surface area (Å²) in [6.45, 7) is 1.27. The topological polar surface area (TPSA) is 69.7 Å². The molecule has 0 N–H and O–H groups in total. The molecule has 0 radical (unpaired) electrons. The fourth-order valence-corrected chi connectivity index (χ4v) is 2.06. The first-order valence-corrected chi connectivity index (χ1v) is 5.98. The Morgan fingerprint density at radius 2 is 2.00 bits per heavy atom. The van der Waals surface area contributed by atoms with Gasteiger partial charge in [0.25, 0.3) is 0 Å². The first-order valence-electron chi connectivity index (χ1n) is 1.99. The summed E-state index contributed by atoms with van der Waals surface area (Å²) in [4.78, 5) is 0. The van der Waals surface area contributed by atoms with Crippen LogP contribution in [0.1, 0.15) is 0 Å². The third-order valence-corrected chi connectivity index (χ3v) is 3.34. The summed E-state index contributed by atoms with van der Waals surface area (Å²) in [5.74, 6) is 0. The average molecular weight is 178 g/mol. The molecule has 0 saturated carbocycles. The van der Waals surface area contributed by atoms with Gasteiger partial charge in [-0.2, -0.15) is 0 Å². The Morgan fingerprint density at radius 1 is 1.44 bits per heavy atom. The van der Waals surface area contributed by atoms with Gasteiger partial charge in [0.1, 0.15) is 0 Å². The number of hydrogen-bond acceptors (Lipinski definition) is 5. The van der Waals surface area contributed by atoms with Crippen LogP contribution in [0, 0.1) is 0 Å². The van der Waals surface area contributed by atoms with Gasteiger partial charge in [0.15, 0.2) is 0 Å². The molecule has 0 unspecified atom stereocenters. The molecule has 0 saturated heterocycles. The van der Waals surface area contributed by atoms with E-state index in [9.17, 15) is 12.7 Å². The summed E-state index contributed by atoms with van der Waals surface area (Å²) in [5.41, 5.74) is 0. The van der Waals surface area contributed by atoms with Crippen LogP contribution in [-0.2, 0) is 20.3 Å². The second kappa shape index (κ2) is 4.81. The fraction of sp³-hybridized carbons (Fsp3) is 1.00. The maximum atomic E-state index is 10.2. The molecule has 8 heteroatoms. The van der Waals surface area contributed by atoms with Crippen LogP contribution in [0.2, 0.25) is 6.55 Å². The molecule has 0 aliphatic rings. The molecule has 0 heterocycles. The van der Waals surface area contributed by atoms with Crippen LogP contribution in [0.4, 0.5) is 0 Å². The van der Waals surface area contributed by atoms with Crippen LogP contribution in [0.15, 0.2) is 0 Å². The Morgan fingerprint density at radius 3 is 2.33 bits per heavy atom. The van der Waals surface area contributed by atoms with Crippen molar-refractivity contribution in [1.82, 2.24) is 0 Å². The Labute approximate surface area is 60.9 Å². The van der Waals surface area contributed by atoms with E-state index in [1.54, 1.807) is 0 Å². The summed E-state index contributed by atoms with van der Waals surface area (Å²) in [6.07, 6.45) is 0. The van der Waals surface area contributed by atoms with E-state index in [1.165, 1.54) is 6.55 Å². The molecule has 0 rings (SSSR count). The molecule has 0 aliphatic heterocycles. The Balaban J connectivity index is 3.50. The first-order chi connectivity index (χ1) is 4.16. The Bertz CT molecular complexity index is 144. The SMILES string of the molecule is C[Si](=O)O[Si](=O)[O][Al]=[O]. The van der Waals surface area contributed by atoms with Gasteiger partial charge in [0, 0.05) is 0 Å². The molecule has 0 aromatic heterocycles. The average Bonchev–Trinajstić information content (AvgIpc) is 1.63. The van der Waals surface area contributed by atoms with Gasteiger partial charge in [-0.1, -0.05) is 0 Å². The summed E-state index contributed by atoms with van der Waals surface area (Å²) in [6, 6.07) is 0. The number of rotatable bonds is 4. The van der Waals surface area contributed by atoms with Gasteiger partial charge in [-0.3, -0.25) is 0 Å². The van der Waals surface area contributed by atoms with Crippen LogP contribution in [0.3, 0.4) is 0 Å². The zero-order valence-corrected chi connectivity index (χ0v) is 7.77. The minimum atomic E-state index is -2.73. The van der Waals surface area contributed by atoms with Gasteiger partial charge >= 0.3 is 60.5 Å². The molecule has 0 atom stereocenters. The van der Waals surface area contributed by atoms with Crippen LogP contribution in [-0.4, -0.2) is 33.6 Å². The van der Waals surface area contributed by atoms with Crippen molar-refractivity contribution in [3.63, 3.8) is 0 Å². The van der Waals surface area contributed by atoms with E-state index in [2.05, 4.69) is 7.59 Å². The zero-order chi connectivity index (χ0) is 7.28. The first kappa shape index (κ1) is 8.97. The predicted octanol–water partition coefficient (Wildman–Crippen LogP) is -1.05. The van der Waals surface area contributed by atoms with E-state index in [-0.39, 0.29) is 0 Å². The maximum absolute atomic E-state index is 10.2. The third kappa shape index (κ3) is 5.84.